The molecule has 1 unspecified atom stereocenters. The molecule has 0 radical (unpaired) electrons. The molecule has 1 N–H and O–H groups in total. The number of nitrogens with one attached hydrogen (secondary N) is 1. The van der Waals surface area contributed by atoms with Crippen molar-refractivity contribution >= 4 is 28.5 Å². The molecule has 158 valence electrons. The summed E-state index contributed by atoms with van der Waals surface area (Å²) in [7, 11) is 1.53. The highest BCUT2D eigenvalue weighted by Crippen LogP contribution is 2.27. The monoisotopic (exact) mass is 419 g/mol. The quantitative estimate of drug-likeness (QED) is 0.552. The molecule has 1 heterocycles. The van der Waals surface area contributed by atoms with Gasteiger partial charge in [-0.25, -0.2) is 0 Å². The van der Waals surface area contributed by atoms with E-state index >= 15 is 0 Å². The summed E-state index contributed by atoms with van der Waals surface area (Å²) in [4.78, 5) is 24.6. The molecule has 3 aromatic rings. The van der Waals surface area contributed by atoms with Crippen LogP contribution in [0.1, 0.15) is 12.5 Å². The van der Waals surface area contributed by atoms with E-state index in [1.807, 2.05) is 0 Å². The van der Waals surface area contributed by atoms with E-state index in [1.54, 1.807) is 24.3 Å². The Balaban J connectivity index is 1.61. The van der Waals surface area contributed by atoms with Crippen LogP contribution in [0, 0.1) is 0 Å². The van der Waals surface area contributed by atoms with E-state index < -0.39 is 24.6 Å². The first-order valence-corrected chi connectivity index (χ1v) is 8.95. The topological polar surface area (TPSA) is 87.0 Å². The minimum atomic E-state index is -3.04. The summed E-state index contributed by atoms with van der Waals surface area (Å²) < 4.78 is 45.0. The molecule has 2 aromatic carbocycles. The lowest BCUT2D eigenvalue weighted by Gasteiger charge is -2.15. The van der Waals surface area contributed by atoms with Gasteiger partial charge in [-0.1, -0.05) is 12.1 Å². The average Bonchev–Trinajstić information content (AvgIpc) is 3.10. The largest absolute Gasteiger partial charge is 0.497 e. The van der Waals surface area contributed by atoms with Crippen molar-refractivity contribution in [2.24, 2.45) is 0 Å². The molecule has 1 amide bonds. The van der Waals surface area contributed by atoms with Crippen LogP contribution in [-0.2, 0) is 20.7 Å². The van der Waals surface area contributed by atoms with E-state index in [-0.39, 0.29) is 17.9 Å². The number of hydrogen-bond donors (Lipinski definition) is 1. The standard InChI is InChI=1S/C21H19F2NO6/c1-12(20(26)24-16-5-3-4-6-17(16)30-21(22)23)29-19(25)9-13-11-28-18-10-14(27-2)7-8-15(13)18/h3-8,10-12,21H,9H2,1-2H3,(H,24,26). The predicted octanol–water partition coefficient (Wildman–Crippen LogP) is 4.16. The number of rotatable bonds is 8. The molecule has 0 fully saturated rings. The van der Waals surface area contributed by atoms with Gasteiger partial charge in [-0.15, -0.1) is 0 Å². The number of halogens is 2. The lowest BCUT2D eigenvalue weighted by molar-refractivity contribution is -0.152. The Morgan fingerprint density at radius 2 is 1.93 bits per heavy atom. The Bertz CT molecular complexity index is 1050. The van der Waals surface area contributed by atoms with Gasteiger partial charge in [0.1, 0.15) is 17.1 Å². The zero-order valence-electron chi connectivity index (χ0n) is 16.2. The van der Waals surface area contributed by atoms with Gasteiger partial charge in [0.2, 0.25) is 0 Å². The van der Waals surface area contributed by atoms with Crippen molar-refractivity contribution in [2.75, 3.05) is 12.4 Å². The van der Waals surface area contributed by atoms with Crippen molar-refractivity contribution in [3.63, 3.8) is 0 Å². The van der Waals surface area contributed by atoms with E-state index in [9.17, 15) is 18.4 Å². The number of carbonyl (C=O) groups is 2. The third-order valence-corrected chi connectivity index (χ3v) is 4.24. The molecule has 1 aromatic heterocycles. The normalized spacial score (nSPS) is 11.9. The number of benzene rings is 2. The minimum absolute atomic E-state index is 0.0421. The Hall–Kier alpha value is -3.62. The highest BCUT2D eigenvalue weighted by atomic mass is 19.3. The molecule has 0 spiro atoms. The number of carbonyl (C=O) groups excluding carboxylic acids is 2. The molecule has 3 rings (SSSR count). The zero-order valence-corrected chi connectivity index (χ0v) is 16.2. The van der Waals surface area contributed by atoms with Crippen LogP contribution in [0.5, 0.6) is 11.5 Å². The van der Waals surface area contributed by atoms with E-state index in [0.29, 0.717) is 16.9 Å². The Labute approximate surface area is 170 Å². The SMILES string of the molecule is COc1ccc2c(CC(=O)OC(C)C(=O)Nc3ccccc3OC(F)F)coc2c1. The van der Waals surface area contributed by atoms with Crippen LogP contribution in [-0.4, -0.2) is 31.7 Å². The molecule has 0 bridgehead atoms. The van der Waals surface area contributed by atoms with Gasteiger partial charge in [0.05, 0.1) is 25.5 Å². The first-order chi connectivity index (χ1) is 14.4. The number of para-hydroxylation sites is 2. The number of fused-ring (bicyclic) bond motifs is 1. The molecular weight excluding hydrogens is 400 g/mol. The number of esters is 1. The number of hydrogen-bond acceptors (Lipinski definition) is 6. The van der Waals surface area contributed by atoms with Crippen molar-refractivity contribution in [3.8, 4) is 11.5 Å². The van der Waals surface area contributed by atoms with Crippen molar-refractivity contribution in [1.29, 1.82) is 0 Å². The summed E-state index contributed by atoms with van der Waals surface area (Å²) >= 11 is 0. The molecule has 30 heavy (non-hydrogen) atoms. The van der Waals surface area contributed by atoms with Gasteiger partial charge in [0.15, 0.2) is 6.10 Å². The first-order valence-electron chi connectivity index (χ1n) is 8.95. The molecule has 0 aliphatic heterocycles. The molecular formula is C21H19F2NO6. The second-order valence-corrected chi connectivity index (χ2v) is 6.30. The van der Waals surface area contributed by atoms with Gasteiger partial charge in [-0.2, -0.15) is 8.78 Å². The van der Waals surface area contributed by atoms with Gasteiger partial charge in [-0.3, -0.25) is 9.59 Å². The highest BCUT2D eigenvalue weighted by Gasteiger charge is 2.21. The molecule has 7 nitrogen and oxygen atoms in total. The number of alkyl halides is 2. The van der Waals surface area contributed by atoms with Gasteiger partial charge in [0.25, 0.3) is 5.91 Å². The van der Waals surface area contributed by atoms with Crippen LogP contribution >= 0.6 is 0 Å². The number of anilines is 1. The highest BCUT2D eigenvalue weighted by molar-refractivity contribution is 5.96. The smallest absolute Gasteiger partial charge is 0.387 e. The zero-order chi connectivity index (χ0) is 21.7. The van der Waals surface area contributed by atoms with E-state index in [2.05, 4.69) is 10.1 Å². The number of amides is 1. The van der Waals surface area contributed by atoms with Crippen molar-refractivity contribution in [3.05, 3.63) is 54.3 Å². The molecule has 0 aliphatic carbocycles. The fourth-order valence-electron chi connectivity index (χ4n) is 2.78. The Morgan fingerprint density at radius 3 is 2.67 bits per heavy atom. The van der Waals surface area contributed by atoms with E-state index in [0.717, 1.165) is 5.39 Å². The maximum absolute atomic E-state index is 12.5. The first kappa shape index (κ1) is 21.1. The van der Waals surface area contributed by atoms with E-state index in [1.165, 1.54) is 38.5 Å². The molecule has 0 saturated heterocycles. The summed E-state index contributed by atoms with van der Waals surface area (Å²) in [5.74, 6) is -0.907. The summed E-state index contributed by atoms with van der Waals surface area (Å²) in [6, 6.07) is 10.9. The maximum atomic E-state index is 12.5. The number of ether oxygens (including phenoxy) is 3. The van der Waals surface area contributed by atoms with Crippen molar-refractivity contribution in [1.82, 2.24) is 0 Å². The fourth-order valence-corrected chi connectivity index (χ4v) is 2.78. The summed E-state index contributed by atoms with van der Waals surface area (Å²) in [6.45, 7) is -1.66. The van der Waals surface area contributed by atoms with Crippen LogP contribution in [0.15, 0.2) is 53.1 Å². The second kappa shape index (κ2) is 9.25. The van der Waals surface area contributed by atoms with Crippen LogP contribution in [0.3, 0.4) is 0 Å². The Kier molecular flexibility index (Phi) is 6.51. The number of methoxy groups -OCH3 is 1. The summed E-state index contributed by atoms with van der Waals surface area (Å²) in [5, 5.41) is 3.14. The molecule has 1 atom stereocenters. The molecule has 0 aliphatic rings. The third kappa shape index (κ3) is 5.05. The minimum Gasteiger partial charge on any atom is -0.497 e. The predicted molar refractivity (Wildman–Crippen MR) is 104 cm³/mol. The molecule has 0 saturated carbocycles. The van der Waals surface area contributed by atoms with Gasteiger partial charge >= 0.3 is 12.6 Å². The van der Waals surface area contributed by atoms with Crippen LogP contribution in [0.25, 0.3) is 11.0 Å². The fraction of sp³-hybridized carbons (Fsp3) is 0.238. The van der Waals surface area contributed by atoms with Gasteiger partial charge in [0, 0.05) is 17.0 Å². The third-order valence-electron chi connectivity index (χ3n) is 4.24. The molecule has 9 heteroatoms. The lowest BCUT2D eigenvalue weighted by Crippen LogP contribution is -2.30. The second-order valence-electron chi connectivity index (χ2n) is 6.30. The number of furan rings is 1. The van der Waals surface area contributed by atoms with Crippen LogP contribution in [0.4, 0.5) is 14.5 Å². The van der Waals surface area contributed by atoms with Crippen LogP contribution < -0.4 is 14.8 Å². The van der Waals surface area contributed by atoms with Gasteiger partial charge < -0.3 is 23.9 Å². The maximum Gasteiger partial charge on any atom is 0.387 e. The summed E-state index contributed by atoms with van der Waals surface area (Å²) in [5.41, 5.74) is 1.19. The van der Waals surface area contributed by atoms with Crippen molar-refractivity contribution in [2.45, 2.75) is 26.1 Å². The van der Waals surface area contributed by atoms with E-state index in [4.69, 9.17) is 13.9 Å². The lowest BCUT2D eigenvalue weighted by atomic mass is 10.1. The summed E-state index contributed by atoms with van der Waals surface area (Å²) in [6.07, 6.45) is 0.172. The van der Waals surface area contributed by atoms with Crippen LogP contribution in [0.2, 0.25) is 0 Å². The Morgan fingerprint density at radius 1 is 1.17 bits per heavy atom. The average molecular weight is 419 g/mol. The van der Waals surface area contributed by atoms with Crippen molar-refractivity contribution < 1.29 is 37.0 Å². The van der Waals surface area contributed by atoms with Gasteiger partial charge in [-0.05, 0) is 31.2 Å².